The van der Waals surface area contributed by atoms with Crippen molar-refractivity contribution < 1.29 is 10.6 Å². The van der Waals surface area contributed by atoms with Crippen LogP contribution in [-0.4, -0.2) is 29.1 Å². The Hall–Kier alpha value is -1.69. The van der Waals surface area contributed by atoms with Gasteiger partial charge in [0.1, 0.15) is 5.82 Å². The molecule has 1 heterocycles. The fourth-order valence-corrected chi connectivity index (χ4v) is 2.01. The van der Waals surface area contributed by atoms with Gasteiger partial charge in [-0.3, -0.25) is 4.90 Å². The Morgan fingerprint density at radius 3 is 2.69 bits per heavy atom. The van der Waals surface area contributed by atoms with Gasteiger partial charge in [0.2, 0.25) is 0 Å². The van der Waals surface area contributed by atoms with Crippen LogP contribution in [0, 0.1) is 5.82 Å². The van der Waals surface area contributed by atoms with Crippen molar-refractivity contribution in [2.45, 2.75) is 0 Å². The number of hydrogen-bond acceptors (Lipinski definition) is 2. The number of anilines is 1. The van der Waals surface area contributed by atoms with Gasteiger partial charge in [-0.25, -0.2) is 9.18 Å². The van der Waals surface area contributed by atoms with Gasteiger partial charge in [0.05, 0.1) is 5.69 Å². The SMILES string of the molecule is NC(=O)N1CCN(c2ccccc2F)C1=S.[HH]. The van der Waals surface area contributed by atoms with Crippen molar-refractivity contribution in [1.82, 2.24) is 4.90 Å². The van der Waals surface area contributed by atoms with Crippen LogP contribution in [-0.2, 0) is 0 Å². The van der Waals surface area contributed by atoms with E-state index in [1.165, 1.54) is 11.0 Å². The van der Waals surface area contributed by atoms with E-state index in [0.717, 1.165) is 0 Å². The van der Waals surface area contributed by atoms with E-state index in [1.54, 1.807) is 23.1 Å². The average molecular weight is 241 g/mol. The second kappa shape index (κ2) is 4.05. The van der Waals surface area contributed by atoms with Gasteiger partial charge in [-0.1, -0.05) is 12.1 Å². The van der Waals surface area contributed by atoms with E-state index in [4.69, 9.17) is 18.0 Å². The third kappa shape index (κ3) is 1.71. The number of halogens is 1. The number of thiocarbonyl (C=S) groups is 1. The minimum absolute atomic E-state index is 0. The Morgan fingerprint density at radius 2 is 2.12 bits per heavy atom. The highest BCUT2D eigenvalue weighted by Crippen LogP contribution is 2.23. The maximum absolute atomic E-state index is 13.5. The number of hydrogen-bond donors (Lipinski definition) is 1. The molecule has 0 radical (unpaired) electrons. The number of urea groups is 1. The molecule has 0 aromatic heterocycles. The molecule has 2 amide bonds. The van der Waals surface area contributed by atoms with Gasteiger partial charge in [0.25, 0.3) is 0 Å². The second-order valence-electron chi connectivity index (χ2n) is 3.38. The van der Waals surface area contributed by atoms with Crippen LogP contribution in [0.15, 0.2) is 24.3 Å². The van der Waals surface area contributed by atoms with Crippen molar-refractivity contribution in [3.05, 3.63) is 30.1 Å². The summed E-state index contributed by atoms with van der Waals surface area (Å²) in [6.07, 6.45) is 0. The Bertz CT molecular complexity index is 457. The van der Waals surface area contributed by atoms with Crippen molar-refractivity contribution in [2.24, 2.45) is 5.73 Å². The van der Waals surface area contributed by atoms with Gasteiger partial charge in [-0.15, -0.1) is 0 Å². The topological polar surface area (TPSA) is 49.6 Å². The molecule has 1 aliphatic rings. The minimum atomic E-state index is -0.608. The number of amides is 2. The Labute approximate surface area is 98.9 Å². The highest BCUT2D eigenvalue weighted by molar-refractivity contribution is 7.80. The van der Waals surface area contributed by atoms with E-state index in [0.29, 0.717) is 18.8 Å². The van der Waals surface area contributed by atoms with E-state index in [2.05, 4.69) is 0 Å². The van der Waals surface area contributed by atoms with Gasteiger partial charge in [-0.05, 0) is 24.4 Å². The highest BCUT2D eigenvalue weighted by Gasteiger charge is 2.30. The predicted octanol–water partition coefficient (Wildman–Crippen LogP) is 1.56. The number of nitrogens with zero attached hydrogens (tertiary/aromatic N) is 2. The van der Waals surface area contributed by atoms with Crippen LogP contribution in [0.2, 0.25) is 0 Å². The van der Waals surface area contributed by atoms with Crippen molar-refractivity contribution in [1.29, 1.82) is 0 Å². The number of benzene rings is 1. The van der Waals surface area contributed by atoms with Gasteiger partial charge < -0.3 is 10.6 Å². The summed E-state index contributed by atoms with van der Waals surface area (Å²) in [5.41, 5.74) is 5.52. The van der Waals surface area contributed by atoms with Crippen LogP contribution >= 0.6 is 12.2 Å². The standard InChI is InChI=1S/C10H10FN3OS.H2/c11-7-3-1-2-4-8(7)13-5-6-14(9(12)15)10(13)16;/h1-4H,5-6H2,(H2,12,15);1H. The van der Waals surface area contributed by atoms with Crippen LogP contribution in [0.5, 0.6) is 0 Å². The number of carbonyl (C=O) groups excluding carboxylic acids is 1. The Kier molecular flexibility index (Phi) is 2.74. The van der Waals surface area contributed by atoms with Crippen LogP contribution < -0.4 is 10.6 Å². The summed E-state index contributed by atoms with van der Waals surface area (Å²) in [5, 5.41) is 0.248. The summed E-state index contributed by atoms with van der Waals surface area (Å²) in [4.78, 5) is 13.8. The summed E-state index contributed by atoms with van der Waals surface area (Å²) in [6.45, 7) is 0.852. The third-order valence-corrected chi connectivity index (χ3v) is 2.86. The van der Waals surface area contributed by atoms with Gasteiger partial charge in [-0.2, -0.15) is 0 Å². The zero-order chi connectivity index (χ0) is 11.7. The van der Waals surface area contributed by atoms with E-state index in [-0.39, 0.29) is 12.4 Å². The van der Waals surface area contributed by atoms with E-state index < -0.39 is 6.03 Å². The van der Waals surface area contributed by atoms with E-state index in [9.17, 15) is 9.18 Å². The normalized spacial score (nSPS) is 15.7. The molecule has 1 fully saturated rings. The fourth-order valence-electron chi connectivity index (χ4n) is 1.64. The Balaban J connectivity index is 0.00000144. The lowest BCUT2D eigenvalue weighted by atomic mass is 10.3. The van der Waals surface area contributed by atoms with Gasteiger partial charge in [0, 0.05) is 14.5 Å². The van der Waals surface area contributed by atoms with Crippen molar-refractivity contribution >= 4 is 29.0 Å². The molecule has 6 heteroatoms. The van der Waals surface area contributed by atoms with E-state index in [1.807, 2.05) is 0 Å². The van der Waals surface area contributed by atoms with Gasteiger partial charge in [0.15, 0.2) is 5.11 Å². The largest absolute Gasteiger partial charge is 0.351 e. The highest BCUT2D eigenvalue weighted by atomic mass is 32.1. The maximum Gasteiger partial charge on any atom is 0.321 e. The van der Waals surface area contributed by atoms with Gasteiger partial charge >= 0.3 is 6.03 Å². The van der Waals surface area contributed by atoms with Crippen LogP contribution in [0.25, 0.3) is 0 Å². The summed E-state index contributed by atoms with van der Waals surface area (Å²) in [6, 6.07) is 5.68. The molecule has 0 aliphatic carbocycles. The molecule has 1 aliphatic heterocycles. The van der Waals surface area contributed by atoms with Crippen molar-refractivity contribution in [3.8, 4) is 0 Å². The number of para-hydroxylation sites is 1. The maximum atomic E-state index is 13.5. The molecule has 0 saturated carbocycles. The van der Waals surface area contributed by atoms with Crippen LogP contribution in [0.4, 0.5) is 14.9 Å². The molecule has 2 rings (SSSR count). The molecular weight excluding hydrogens is 229 g/mol. The lowest BCUT2D eigenvalue weighted by Gasteiger charge is -2.19. The summed E-state index contributed by atoms with van der Waals surface area (Å²) < 4.78 is 13.5. The first-order valence-corrected chi connectivity index (χ1v) is 5.15. The zero-order valence-electron chi connectivity index (χ0n) is 8.39. The minimum Gasteiger partial charge on any atom is -0.351 e. The van der Waals surface area contributed by atoms with Crippen LogP contribution in [0.3, 0.4) is 0 Å². The summed E-state index contributed by atoms with van der Waals surface area (Å²) in [5.74, 6) is -0.365. The fraction of sp³-hybridized carbons (Fsp3) is 0.200. The smallest absolute Gasteiger partial charge is 0.321 e. The quantitative estimate of drug-likeness (QED) is 0.759. The first kappa shape index (κ1) is 10.8. The molecule has 0 spiro atoms. The molecule has 86 valence electrons. The average Bonchev–Trinajstić information content (AvgIpc) is 2.61. The molecule has 0 unspecified atom stereocenters. The number of carbonyl (C=O) groups is 1. The molecule has 0 atom stereocenters. The molecule has 1 aromatic carbocycles. The first-order chi connectivity index (χ1) is 7.61. The molecule has 4 nitrogen and oxygen atoms in total. The first-order valence-electron chi connectivity index (χ1n) is 4.74. The van der Waals surface area contributed by atoms with E-state index >= 15 is 0 Å². The Morgan fingerprint density at radius 1 is 1.44 bits per heavy atom. The van der Waals surface area contributed by atoms with Crippen LogP contribution in [0.1, 0.15) is 1.43 Å². The second-order valence-corrected chi connectivity index (χ2v) is 3.74. The molecule has 1 aromatic rings. The van der Waals surface area contributed by atoms with Crippen molar-refractivity contribution in [3.63, 3.8) is 0 Å². The summed E-state index contributed by atoms with van der Waals surface area (Å²) >= 11 is 5.06. The molecular formula is C10H12FN3OS. The third-order valence-electron chi connectivity index (χ3n) is 2.42. The zero-order valence-corrected chi connectivity index (χ0v) is 9.21. The molecule has 16 heavy (non-hydrogen) atoms. The lowest BCUT2D eigenvalue weighted by Crippen LogP contribution is -2.39. The van der Waals surface area contributed by atoms with Crippen molar-refractivity contribution in [2.75, 3.05) is 18.0 Å². The molecule has 0 bridgehead atoms. The monoisotopic (exact) mass is 241 g/mol. The number of nitrogens with two attached hydrogens (primary N) is 1. The molecule has 2 N–H and O–H groups in total. The predicted molar refractivity (Wildman–Crippen MR) is 64.7 cm³/mol. The number of rotatable bonds is 1. The molecule has 1 saturated heterocycles. The lowest BCUT2D eigenvalue weighted by molar-refractivity contribution is 0.233. The number of primary amides is 1. The summed E-state index contributed by atoms with van der Waals surface area (Å²) in [7, 11) is 0.